The summed E-state index contributed by atoms with van der Waals surface area (Å²) in [5, 5.41) is 9.00. The smallest absolute Gasteiger partial charge is 0.181 e. The minimum atomic E-state index is 0.121. The van der Waals surface area contributed by atoms with Crippen LogP contribution in [0.4, 0.5) is 11.5 Å². The summed E-state index contributed by atoms with van der Waals surface area (Å²) in [5.41, 5.74) is 8.53. The number of rotatable bonds is 9. The summed E-state index contributed by atoms with van der Waals surface area (Å²) < 4.78 is 1.78. The summed E-state index contributed by atoms with van der Waals surface area (Å²) in [6, 6.07) is 18.3. The number of nitrogens with zero attached hydrogens (tertiary/aromatic N) is 9. The van der Waals surface area contributed by atoms with Gasteiger partial charge in [0.2, 0.25) is 0 Å². The average Bonchev–Trinajstić information content (AvgIpc) is 3.55. The molecule has 0 N–H and O–H groups in total. The number of amidine groups is 1. The van der Waals surface area contributed by atoms with Crippen molar-refractivity contribution < 1.29 is 0 Å². The molecular weight excluding hydrogens is 637 g/mol. The number of aliphatic imine (C=N–C) groups is 1. The SMILES string of the molecule is [B]c1cccc(C)c1-c1nc(N(C=C)c2c(SC)ccnc2-n2nnc3ccccc32)c(C(=NC)N2C[C@@H](C)N(C(=C)C=C)CC2C)cc1C. The molecule has 252 valence electrons. The van der Waals surface area contributed by atoms with Crippen LogP contribution >= 0.6 is 11.8 Å². The van der Waals surface area contributed by atoms with Crippen molar-refractivity contribution in [2.45, 2.75) is 44.7 Å². The normalized spacial score (nSPS) is 16.5. The van der Waals surface area contributed by atoms with Gasteiger partial charge in [-0.25, -0.2) is 9.97 Å². The highest BCUT2D eigenvalue weighted by Gasteiger charge is 2.34. The van der Waals surface area contributed by atoms with E-state index in [0.29, 0.717) is 17.1 Å². The van der Waals surface area contributed by atoms with Crippen molar-refractivity contribution in [1.82, 2.24) is 34.8 Å². The second kappa shape index (κ2) is 14.4. The first kappa shape index (κ1) is 34.7. The standard InChI is InChI=1S/C39H42BN9S/c1-10-26(5)47-22-28(7)48(23-27(47)6)37(41-8)29-21-25(4)35(34-24(3)15-14-16-30(34)40)43-38(29)46(11-2)36-33(50-9)19-20-42-39(36)49-32-18-13-12-17-31(32)44-45-49/h10-21,27-28H,1-2,5,22-23H2,3-4,6-9H3/t27-,28?/m1/s1. The molecule has 4 heterocycles. The number of piperazine rings is 1. The van der Waals surface area contributed by atoms with Gasteiger partial charge in [-0.3, -0.25) is 9.89 Å². The Balaban J connectivity index is 1.61. The highest BCUT2D eigenvalue weighted by atomic mass is 32.2. The van der Waals surface area contributed by atoms with Crippen LogP contribution in [0.2, 0.25) is 0 Å². The van der Waals surface area contributed by atoms with Gasteiger partial charge in [0.1, 0.15) is 30.7 Å². The minimum Gasteiger partial charge on any atom is -0.365 e. The molecule has 1 aliphatic rings. The Bertz CT molecular complexity index is 2120. The van der Waals surface area contributed by atoms with Crippen LogP contribution < -0.4 is 10.4 Å². The first-order valence-corrected chi connectivity index (χ1v) is 17.8. The molecule has 2 aromatic carbocycles. The molecule has 1 fully saturated rings. The lowest BCUT2D eigenvalue weighted by Crippen LogP contribution is -2.57. The van der Waals surface area contributed by atoms with Crippen LogP contribution in [0.15, 0.2) is 108 Å². The fraction of sp³-hybridized carbons (Fsp3) is 0.256. The maximum atomic E-state index is 6.65. The average molecular weight is 680 g/mol. The van der Waals surface area contributed by atoms with Gasteiger partial charge in [-0.05, 0) is 81.0 Å². The van der Waals surface area contributed by atoms with Gasteiger partial charge in [-0.1, -0.05) is 60.7 Å². The second-order valence-electron chi connectivity index (χ2n) is 12.5. The lowest BCUT2D eigenvalue weighted by Gasteiger charge is -2.47. The molecule has 0 spiro atoms. The topological polar surface area (TPSA) is 78.6 Å². The number of hydrogen-bond donors (Lipinski definition) is 0. The number of para-hydroxylation sites is 1. The number of thioether (sulfide) groups is 1. The summed E-state index contributed by atoms with van der Waals surface area (Å²) in [6.45, 7) is 22.6. The maximum Gasteiger partial charge on any atom is 0.181 e. The molecule has 1 aliphatic heterocycles. The van der Waals surface area contributed by atoms with E-state index in [2.05, 4.69) is 79.7 Å². The van der Waals surface area contributed by atoms with E-state index >= 15 is 0 Å². The Hall–Kier alpha value is -5.16. The lowest BCUT2D eigenvalue weighted by atomic mass is 9.85. The van der Waals surface area contributed by atoms with E-state index in [1.807, 2.05) is 66.7 Å². The fourth-order valence-electron chi connectivity index (χ4n) is 6.84. The van der Waals surface area contributed by atoms with E-state index in [-0.39, 0.29) is 12.1 Å². The summed E-state index contributed by atoms with van der Waals surface area (Å²) >= 11 is 1.61. The van der Waals surface area contributed by atoms with Gasteiger partial charge in [0.25, 0.3) is 0 Å². The molecular formula is C39H42BN9S. The summed E-state index contributed by atoms with van der Waals surface area (Å²) in [6.07, 6.45) is 7.45. The van der Waals surface area contributed by atoms with Crippen LogP contribution in [0.1, 0.15) is 30.5 Å². The minimum absolute atomic E-state index is 0.121. The van der Waals surface area contributed by atoms with Gasteiger partial charge < -0.3 is 9.80 Å². The van der Waals surface area contributed by atoms with Crippen LogP contribution in [0.25, 0.3) is 28.1 Å². The Morgan fingerprint density at radius 3 is 2.46 bits per heavy atom. The van der Waals surface area contributed by atoms with Crippen molar-refractivity contribution in [2.24, 2.45) is 4.99 Å². The molecule has 2 atom stereocenters. The number of hydrogen-bond acceptors (Lipinski definition) is 8. The van der Waals surface area contributed by atoms with E-state index in [0.717, 1.165) is 74.2 Å². The van der Waals surface area contributed by atoms with Gasteiger partial charge in [0.05, 0.1) is 16.8 Å². The number of benzene rings is 2. The van der Waals surface area contributed by atoms with E-state index in [1.54, 1.807) is 28.8 Å². The zero-order valence-electron chi connectivity index (χ0n) is 29.6. The van der Waals surface area contributed by atoms with Gasteiger partial charge >= 0.3 is 0 Å². The molecule has 6 rings (SSSR count). The van der Waals surface area contributed by atoms with Gasteiger partial charge in [0.15, 0.2) is 5.82 Å². The van der Waals surface area contributed by atoms with Crippen molar-refractivity contribution in [3.05, 3.63) is 115 Å². The molecule has 2 radical (unpaired) electrons. The van der Waals surface area contributed by atoms with Crippen molar-refractivity contribution >= 4 is 53.4 Å². The molecule has 1 saturated heterocycles. The Morgan fingerprint density at radius 2 is 1.76 bits per heavy atom. The highest BCUT2D eigenvalue weighted by Crippen LogP contribution is 2.41. The lowest BCUT2D eigenvalue weighted by molar-refractivity contribution is 0.120. The zero-order valence-corrected chi connectivity index (χ0v) is 30.4. The van der Waals surface area contributed by atoms with Crippen molar-refractivity contribution in [3.8, 4) is 17.1 Å². The molecule has 3 aromatic heterocycles. The number of aromatic nitrogens is 5. The molecule has 9 nitrogen and oxygen atoms in total. The Labute approximate surface area is 300 Å². The molecule has 11 heteroatoms. The number of allylic oxidation sites excluding steroid dienone is 1. The largest absolute Gasteiger partial charge is 0.365 e. The molecule has 0 amide bonds. The van der Waals surface area contributed by atoms with Crippen molar-refractivity contribution in [2.75, 3.05) is 31.3 Å². The monoisotopic (exact) mass is 679 g/mol. The van der Waals surface area contributed by atoms with Gasteiger partial charge in [-0.2, -0.15) is 4.68 Å². The third kappa shape index (κ3) is 6.11. The van der Waals surface area contributed by atoms with Gasteiger partial charge in [0, 0.05) is 55.2 Å². The first-order valence-electron chi connectivity index (χ1n) is 16.6. The molecule has 1 unspecified atom stereocenters. The van der Waals surface area contributed by atoms with Crippen LogP contribution in [0, 0.1) is 13.8 Å². The van der Waals surface area contributed by atoms with E-state index in [4.69, 9.17) is 22.8 Å². The molecule has 50 heavy (non-hydrogen) atoms. The number of pyridine rings is 2. The van der Waals surface area contributed by atoms with Crippen LogP contribution in [0.5, 0.6) is 0 Å². The zero-order chi connectivity index (χ0) is 35.7. The van der Waals surface area contributed by atoms with Crippen LogP contribution in [-0.2, 0) is 0 Å². The molecule has 5 aromatic rings. The maximum absolute atomic E-state index is 6.65. The third-order valence-corrected chi connectivity index (χ3v) is 10.1. The van der Waals surface area contributed by atoms with E-state index < -0.39 is 0 Å². The fourth-order valence-corrected chi connectivity index (χ4v) is 7.42. The number of fused-ring (bicyclic) bond motifs is 1. The summed E-state index contributed by atoms with van der Waals surface area (Å²) in [4.78, 5) is 23.0. The number of aryl methyl sites for hydroxylation is 2. The number of anilines is 2. The van der Waals surface area contributed by atoms with E-state index in [1.165, 1.54) is 0 Å². The van der Waals surface area contributed by atoms with Crippen LogP contribution in [-0.4, -0.2) is 86.9 Å². The predicted octanol–water partition coefficient (Wildman–Crippen LogP) is 6.76. The van der Waals surface area contributed by atoms with E-state index in [9.17, 15) is 0 Å². The first-order chi connectivity index (χ1) is 24.1. The predicted molar refractivity (Wildman–Crippen MR) is 209 cm³/mol. The quantitative estimate of drug-likeness (QED) is 0.0556. The summed E-state index contributed by atoms with van der Waals surface area (Å²) in [7, 11) is 8.49. The molecule has 0 saturated carbocycles. The third-order valence-electron chi connectivity index (χ3n) is 9.34. The molecule has 0 aliphatic carbocycles. The van der Waals surface area contributed by atoms with Gasteiger partial charge in [-0.15, -0.1) is 16.9 Å². The summed E-state index contributed by atoms with van der Waals surface area (Å²) in [5.74, 6) is 2.08. The Kier molecular flexibility index (Phi) is 9.97. The second-order valence-corrected chi connectivity index (χ2v) is 13.4. The molecule has 0 bridgehead atoms. The highest BCUT2D eigenvalue weighted by molar-refractivity contribution is 7.98. The Morgan fingerprint density at radius 1 is 1.02 bits per heavy atom. The van der Waals surface area contributed by atoms with Crippen molar-refractivity contribution in [1.29, 1.82) is 0 Å². The van der Waals surface area contributed by atoms with Crippen LogP contribution in [0.3, 0.4) is 0 Å². The van der Waals surface area contributed by atoms with Crippen molar-refractivity contribution in [3.63, 3.8) is 0 Å².